The van der Waals surface area contributed by atoms with Crippen LogP contribution in [0.25, 0.3) is 10.9 Å². The first kappa shape index (κ1) is 15.5. The molecule has 3 rings (SSSR count). The smallest absolute Gasteiger partial charge is 0.252 e. The highest BCUT2D eigenvalue weighted by Crippen LogP contribution is 2.21. The van der Waals surface area contributed by atoms with Gasteiger partial charge in [0.05, 0.1) is 11.6 Å². The highest BCUT2D eigenvalue weighted by atomic mass is 79.9. The maximum atomic E-state index is 12.6. The summed E-state index contributed by atoms with van der Waals surface area (Å²) in [5.74, 6) is -0.268. The number of nitrogens with one attached hydrogen (secondary N) is 2. The van der Waals surface area contributed by atoms with E-state index < -0.39 is 0 Å². The number of carbonyl (C=O) groups is 1. The minimum Gasteiger partial charge on any atom is -0.345 e. The van der Waals surface area contributed by atoms with Crippen molar-refractivity contribution in [2.24, 2.45) is 0 Å². The molecule has 0 saturated heterocycles. The van der Waals surface area contributed by atoms with Gasteiger partial charge in [0.15, 0.2) is 0 Å². The molecule has 0 radical (unpaired) electrons. The van der Waals surface area contributed by atoms with Gasteiger partial charge in [-0.15, -0.1) is 0 Å². The number of hydrogen-bond donors (Lipinski definition) is 2. The highest BCUT2D eigenvalue weighted by molar-refractivity contribution is 9.10. The van der Waals surface area contributed by atoms with Crippen molar-refractivity contribution in [3.05, 3.63) is 80.6 Å². The lowest BCUT2D eigenvalue weighted by Crippen LogP contribution is -2.28. The van der Waals surface area contributed by atoms with Gasteiger partial charge in [-0.2, -0.15) is 0 Å². The fourth-order valence-corrected chi connectivity index (χ4v) is 2.87. The molecule has 0 bridgehead atoms. The molecule has 0 spiro atoms. The lowest BCUT2D eigenvalue weighted by atomic mass is 10.1. The highest BCUT2D eigenvalue weighted by Gasteiger charge is 2.15. The molecule has 116 valence electrons. The van der Waals surface area contributed by atoms with E-state index in [1.54, 1.807) is 6.07 Å². The third-order valence-electron chi connectivity index (χ3n) is 3.70. The maximum absolute atomic E-state index is 12.6. The third kappa shape index (κ3) is 3.35. The molecule has 1 heterocycles. The number of aromatic amines is 1. The second-order valence-corrected chi connectivity index (χ2v) is 6.26. The second kappa shape index (κ2) is 6.38. The number of carbonyl (C=O) groups excluding carboxylic acids is 1. The number of aromatic nitrogens is 1. The molecule has 0 aliphatic rings. The Morgan fingerprint density at radius 1 is 1.13 bits per heavy atom. The van der Waals surface area contributed by atoms with Gasteiger partial charge >= 0.3 is 0 Å². The summed E-state index contributed by atoms with van der Waals surface area (Å²) in [7, 11) is 0. The van der Waals surface area contributed by atoms with E-state index in [1.807, 2.05) is 49.4 Å². The van der Waals surface area contributed by atoms with Gasteiger partial charge in [0.2, 0.25) is 5.56 Å². The summed E-state index contributed by atoms with van der Waals surface area (Å²) in [5.41, 5.74) is 1.72. The van der Waals surface area contributed by atoms with Crippen molar-refractivity contribution < 1.29 is 4.79 Å². The molecule has 0 aliphatic heterocycles. The van der Waals surface area contributed by atoms with Gasteiger partial charge in [0.25, 0.3) is 5.91 Å². The fraction of sp³-hybridized carbons (Fsp3) is 0.111. The van der Waals surface area contributed by atoms with Gasteiger partial charge in [0, 0.05) is 21.4 Å². The third-order valence-corrected chi connectivity index (χ3v) is 4.19. The van der Waals surface area contributed by atoms with Gasteiger partial charge in [0.1, 0.15) is 0 Å². The van der Waals surface area contributed by atoms with Crippen molar-refractivity contribution in [2.45, 2.75) is 13.0 Å². The lowest BCUT2D eigenvalue weighted by Gasteiger charge is -2.15. The van der Waals surface area contributed by atoms with Crippen LogP contribution in [0.4, 0.5) is 0 Å². The minimum absolute atomic E-state index is 0.148. The van der Waals surface area contributed by atoms with E-state index in [9.17, 15) is 9.59 Å². The topological polar surface area (TPSA) is 62.0 Å². The molecule has 23 heavy (non-hydrogen) atoms. The van der Waals surface area contributed by atoms with Crippen LogP contribution < -0.4 is 10.9 Å². The van der Waals surface area contributed by atoms with E-state index in [2.05, 4.69) is 26.2 Å². The van der Waals surface area contributed by atoms with Crippen LogP contribution in [0.3, 0.4) is 0 Å². The molecule has 0 unspecified atom stereocenters. The Morgan fingerprint density at radius 2 is 1.87 bits per heavy atom. The number of pyridine rings is 1. The Bertz CT molecular complexity index is 919. The predicted octanol–water partition coefficient (Wildman–Crippen LogP) is 3.78. The van der Waals surface area contributed by atoms with Gasteiger partial charge in [-0.05, 0) is 30.7 Å². The first-order valence-electron chi connectivity index (χ1n) is 7.23. The Morgan fingerprint density at radius 3 is 2.61 bits per heavy atom. The summed E-state index contributed by atoms with van der Waals surface area (Å²) in [5, 5.41) is 3.65. The van der Waals surface area contributed by atoms with Gasteiger partial charge < -0.3 is 10.3 Å². The molecule has 4 nitrogen and oxygen atoms in total. The molecule has 2 N–H and O–H groups in total. The Hall–Kier alpha value is -2.40. The first-order chi connectivity index (χ1) is 11.0. The number of rotatable bonds is 3. The van der Waals surface area contributed by atoms with Crippen LogP contribution in [0, 0.1) is 0 Å². The van der Waals surface area contributed by atoms with Crippen LogP contribution >= 0.6 is 15.9 Å². The zero-order valence-corrected chi connectivity index (χ0v) is 14.1. The normalized spacial score (nSPS) is 12.1. The van der Waals surface area contributed by atoms with Crippen molar-refractivity contribution in [3.63, 3.8) is 0 Å². The molecule has 1 atom stereocenters. The Kier molecular flexibility index (Phi) is 4.30. The van der Waals surface area contributed by atoms with Crippen molar-refractivity contribution >= 4 is 32.7 Å². The largest absolute Gasteiger partial charge is 0.345 e. The number of H-pyrrole nitrogens is 1. The SMILES string of the molecule is C[C@H](NC(=O)c1cc(=O)[nH]c2ccc(Br)cc12)c1ccccc1. The Labute approximate surface area is 141 Å². The van der Waals surface area contributed by atoms with E-state index in [1.165, 1.54) is 6.07 Å². The Balaban J connectivity index is 1.98. The molecule has 0 fully saturated rings. The summed E-state index contributed by atoms with van der Waals surface area (Å²) in [6, 6.07) is 16.3. The van der Waals surface area contributed by atoms with Crippen LogP contribution in [-0.2, 0) is 0 Å². The molecule has 0 saturated carbocycles. The number of benzene rings is 2. The van der Waals surface area contributed by atoms with E-state index in [4.69, 9.17) is 0 Å². The second-order valence-electron chi connectivity index (χ2n) is 5.34. The molecule has 0 aliphatic carbocycles. The van der Waals surface area contributed by atoms with Crippen molar-refractivity contribution in [1.29, 1.82) is 0 Å². The summed E-state index contributed by atoms with van der Waals surface area (Å²) in [6.45, 7) is 1.92. The molecule has 2 aromatic carbocycles. The predicted molar refractivity (Wildman–Crippen MR) is 94.6 cm³/mol. The van der Waals surface area contributed by atoms with Gasteiger partial charge in [-0.1, -0.05) is 46.3 Å². The summed E-state index contributed by atoms with van der Waals surface area (Å²) >= 11 is 3.40. The molecule has 3 aromatic rings. The molecule has 1 aromatic heterocycles. The fourth-order valence-electron chi connectivity index (χ4n) is 2.51. The summed E-state index contributed by atoms with van der Waals surface area (Å²) < 4.78 is 0.849. The quantitative estimate of drug-likeness (QED) is 0.736. The number of halogens is 1. The van der Waals surface area contributed by atoms with E-state index in [0.717, 1.165) is 10.0 Å². The zero-order valence-electron chi connectivity index (χ0n) is 12.5. The van der Waals surface area contributed by atoms with Crippen LogP contribution in [0.1, 0.15) is 28.9 Å². The van der Waals surface area contributed by atoms with Crippen molar-refractivity contribution in [3.8, 4) is 0 Å². The summed E-state index contributed by atoms with van der Waals surface area (Å²) in [4.78, 5) is 27.2. The van der Waals surface area contributed by atoms with Crippen molar-refractivity contribution in [1.82, 2.24) is 10.3 Å². The van der Waals surface area contributed by atoms with Crippen LogP contribution in [-0.4, -0.2) is 10.9 Å². The van der Waals surface area contributed by atoms with E-state index >= 15 is 0 Å². The molecular formula is C18H15BrN2O2. The van der Waals surface area contributed by atoms with Crippen LogP contribution in [0.5, 0.6) is 0 Å². The number of hydrogen-bond acceptors (Lipinski definition) is 2. The van der Waals surface area contributed by atoms with Gasteiger partial charge in [-0.3, -0.25) is 9.59 Å². The van der Waals surface area contributed by atoms with E-state index in [0.29, 0.717) is 16.5 Å². The van der Waals surface area contributed by atoms with Crippen LogP contribution in [0.15, 0.2) is 63.9 Å². The van der Waals surface area contributed by atoms with Gasteiger partial charge in [-0.25, -0.2) is 0 Å². The average molecular weight is 371 g/mol. The van der Waals surface area contributed by atoms with E-state index in [-0.39, 0.29) is 17.5 Å². The van der Waals surface area contributed by atoms with Crippen molar-refractivity contribution in [2.75, 3.05) is 0 Å². The molecule has 1 amide bonds. The zero-order chi connectivity index (χ0) is 16.4. The lowest BCUT2D eigenvalue weighted by molar-refractivity contribution is 0.0941. The standard InChI is InChI=1S/C18H15BrN2O2/c1-11(12-5-3-2-4-6-12)20-18(23)15-10-17(22)21-16-8-7-13(19)9-14(15)16/h2-11H,1H3,(H,20,23)(H,21,22)/t11-/m0/s1. The number of amides is 1. The first-order valence-corrected chi connectivity index (χ1v) is 8.02. The maximum Gasteiger partial charge on any atom is 0.252 e. The monoisotopic (exact) mass is 370 g/mol. The summed E-state index contributed by atoms with van der Waals surface area (Å²) in [6.07, 6.45) is 0. The van der Waals surface area contributed by atoms with Crippen LogP contribution in [0.2, 0.25) is 0 Å². The molecule has 5 heteroatoms. The number of fused-ring (bicyclic) bond motifs is 1. The average Bonchev–Trinajstić information content (AvgIpc) is 2.55. The minimum atomic E-state index is -0.294. The molecular weight excluding hydrogens is 356 g/mol.